The number of aliphatic hydroxyl groups excluding tert-OH is 1. The Morgan fingerprint density at radius 2 is 2.13 bits per heavy atom. The van der Waals surface area contributed by atoms with Crippen molar-refractivity contribution in [1.29, 1.82) is 0 Å². The van der Waals surface area contributed by atoms with Crippen LogP contribution in [0.1, 0.15) is 31.9 Å². The first-order valence-electron chi connectivity index (χ1n) is 5.11. The summed E-state index contributed by atoms with van der Waals surface area (Å²) in [6.45, 7) is 3.93. The van der Waals surface area contributed by atoms with Gasteiger partial charge in [-0.2, -0.15) is 0 Å². The van der Waals surface area contributed by atoms with Crippen molar-refractivity contribution in [3.05, 3.63) is 29.6 Å². The first kappa shape index (κ1) is 12.0. The molecular formula is C12H17FO2. The molecule has 0 saturated heterocycles. The van der Waals surface area contributed by atoms with Crippen LogP contribution in [0.2, 0.25) is 0 Å². The van der Waals surface area contributed by atoms with Crippen molar-refractivity contribution < 1.29 is 14.2 Å². The van der Waals surface area contributed by atoms with Crippen molar-refractivity contribution in [1.82, 2.24) is 0 Å². The lowest BCUT2D eigenvalue weighted by Gasteiger charge is -2.17. The van der Waals surface area contributed by atoms with Crippen molar-refractivity contribution in [2.75, 3.05) is 7.11 Å². The minimum absolute atomic E-state index is 0.123. The maximum absolute atomic E-state index is 13.3. The lowest BCUT2D eigenvalue weighted by molar-refractivity contribution is 0.115. The standard InChI is InChI=1S/C12H17FO2/c1-4-8(2)12(14)9-5-6-11(15-3)10(13)7-9/h5-8,12,14H,4H2,1-3H3. The molecule has 84 valence electrons. The Bertz CT molecular complexity index is 325. The van der Waals surface area contributed by atoms with Crippen LogP contribution in [0.4, 0.5) is 4.39 Å². The fraction of sp³-hybridized carbons (Fsp3) is 0.500. The molecule has 1 aromatic rings. The summed E-state index contributed by atoms with van der Waals surface area (Å²) in [5.74, 6) is -0.106. The third kappa shape index (κ3) is 2.69. The Hall–Kier alpha value is -1.09. The second kappa shape index (κ2) is 5.12. The smallest absolute Gasteiger partial charge is 0.165 e. The van der Waals surface area contributed by atoms with Crippen LogP contribution in [0.25, 0.3) is 0 Å². The first-order valence-corrected chi connectivity index (χ1v) is 5.11. The third-order valence-corrected chi connectivity index (χ3v) is 2.70. The Kier molecular flexibility index (Phi) is 4.09. The summed E-state index contributed by atoms with van der Waals surface area (Å²) in [6, 6.07) is 4.56. The minimum atomic E-state index is -0.615. The zero-order chi connectivity index (χ0) is 11.4. The van der Waals surface area contributed by atoms with E-state index in [4.69, 9.17) is 4.74 Å². The number of benzene rings is 1. The van der Waals surface area contributed by atoms with E-state index in [-0.39, 0.29) is 11.7 Å². The SMILES string of the molecule is CCC(C)C(O)c1ccc(OC)c(F)c1. The molecule has 3 heteroatoms. The van der Waals surface area contributed by atoms with Crippen LogP contribution in [0.15, 0.2) is 18.2 Å². The molecule has 1 N–H and O–H groups in total. The van der Waals surface area contributed by atoms with Gasteiger partial charge in [-0.3, -0.25) is 0 Å². The van der Waals surface area contributed by atoms with E-state index in [9.17, 15) is 9.50 Å². The molecule has 0 saturated carbocycles. The van der Waals surface area contributed by atoms with E-state index < -0.39 is 11.9 Å². The fourth-order valence-electron chi connectivity index (χ4n) is 1.42. The maximum atomic E-state index is 13.3. The summed E-state index contributed by atoms with van der Waals surface area (Å²) < 4.78 is 18.2. The largest absolute Gasteiger partial charge is 0.494 e. The number of hydrogen-bond donors (Lipinski definition) is 1. The molecular weight excluding hydrogens is 195 g/mol. The quantitative estimate of drug-likeness (QED) is 0.831. The van der Waals surface area contributed by atoms with Gasteiger partial charge in [0, 0.05) is 0 Å². The second-order valence-electron chi connectivity index (χ2n) is 3.72. The van der Waals surface area contributed by atoms with E-state index in [1.165, 1.54) is 19.2 Å². The molecule has 0 aliphatic carbocycles. The zero-order valence-corrected chi connectivity index (χ0v) is 9.33. The molecule has 0 fully saturated rings. The molecule has 2 atom stereocenters. The van der Waals surface area contributed by atoms with Crippen molar-refractivity contribution in [3.63, 3.8) is 0 Å². The monoisotopic (exact) mass is 212 g/mol. The highest BCUT2D eigenvalue weighted by Crippen LogP contribution is 2.27. The van der Waals surface area contributed by atoms with Gasteiger partial charge in [0.1, 0.15) is 0 Å². The van der Waals surface area contributed by atoms with Crippen LogP contribution in [0.3, 0.4) is 0 Å². The Morgan fingerprint density at radius 1 is 1.47 bits per heavy atom. The van der Waals surface area contributed by atoms with Crippen molar-refractivity contribution in [2.45, 2.75) is 26.4 Å². The summed E-state index contributed by atoms with van der Waals surface area (Å²) in [7, 11) is 1.42. The van der Waals surface area contributed by atoms with E-state index in [1.54, 1.807) is 6.07 Å². The summed E-state index contributed by atoms with van der Waals surface area (Å²) in [5.41, 5.74) is 0.600. The predicted molar refractivity (Wildman–Crippen MR) is 57.4 cm³/mol. The van der Waals surface area contributed by atoms with Gasteiger partial charge in [0.2, 0.25) is 0 Å². The van der Waals surface area contributed by atoms with E-state index in [2.05, 4.69) is 0 Å². The van der Waals surface area contributed by atoms with Crippen LogP contribution < -0.4 is 4.74 Å². The van der Waals surface area contributed by atoms with Gasteiger partial charge in [-0.15, -0.1) is 0 Å². The number of halogens is 1. The molecule has 1 rings (SSSR count). The zero-order valence-electron chi connectivity index (χ0n) is 9.33. The van der Waals surface area contributed by atoms with E-state index in [0.717, 1.165) is 6.42 Å². The molecule has 0 aliphatic rings. The average Bonchev–Trinajstić information content (AvgIpc) is 2.26. The Morgan fingerprint density at radius 3 is 2.60 bits per heavy atom. The topological polar surface area (TPSA) is 29.5 Å². The minimum Gasteiger partial charge on any atom is -0.494 e. The van der Waals surface area contributed by atoms with E-state index in [1.807, 2.05) is 13.8 Å². The van der Waals surface area contributed by atoms with Crippen LogP contribution >= 0.6 is 0 Å². The molecule has 1 aromatic carbocycles. The first-order chi connectivity index (χ1) is 7.10. The Labute approximate surface area is 89.7 Å². The lowest BCUT2D eigenvalue weighted by Crippen LogP contribution is -2.08. The lowest BCUT2D eigenvalue weighted by atomic mass is 9.95. The van der Waals surface area contributed by atoms with Gasteiger partial charge < -0.3 is 9.84 Å². The Balaban J connectivity index is 2.92. The van der Waals surface area contributed by atoms with Gasteiger partial charge in [0.25, 0.3) is 0 Å². The molecule has 0 radical (unpaired) electrons. The van der Waals surface area contributed by atoms with Crippen molar-refractivity contribution in [2.24, 2.45) is 5.92 Å². The van der Waals surface area contributed by atoms with Crippen LogP contribution in [-0.4, -0.2) is 12.2 Å². The highest BCUT2D eigenvalue weighted by atomic mass is 19.1. The molecule has 0 spiro atoms. The summed E-state index contributed by atoms with van der Waals surface area (Å²) in [4.78, 5) is 0. The highest BCUT2D eigenvalue weighted by molar-refractivity contribution is 5.30. The third-order valence-electron chi connectivity index (χ3n) is 2.70. The van der Waals surface area contributed by atoms with Crippen molar-refractivity contribution in [3.8, 4) is 5.75 Å². The summed E-state index contributed by atoms with van der Waals surface area (Å²) in [6.07, 6.45) is 0.241. The van der Waals surface area contributed by atoms with Gasteiger partial charge in [-0.25, -0.2) is 4.39 Å². The van der Waals surface area contributed by atoms with Gasteiger partial charge in [0.05, 0.1) is 13.2 Å². The van der Waals surface area contributed by atoms with Crippen LogP contribution in [0, 0.1) is 11.7 Å². The molecule has 15 heavy (non-hydrogen) atoms. The molecule has 0 aliphatic heterocycles. The van der Waals surface area contributed by atoms with Crippen LogP contribution in [-0.2, 0) is 0 Å². The van der Waals surface area contributed by atoms with Crippen LogP contribution in [0.5, 0.6) is 5.75 Å². The predicted octanol–water partition coefficient (Wildman–Crippen LogP) is 2.91. The van der Waals surface area contributed by atoms with Gasteiger partial charge in [-0.05, 0) is 23.6 Å². The molecule has 2 unspecified atom stereocenters. The van der Waals surface area contributed by atoms with Gasteiger partial charge >= 0.3 is 0 Å². The normalized spacial score (nSPS) is 14.7. The highest BCUT2D eigenvalue weighted by Gasteiger charge is 2.16. The summed E-state index contributed by atoms with van der Waals surface area (Å²) in [5, 5.41) is 9.87. The summed E-state index contributed by atoms with van der Waals surface area (Å²) >= 11 is 0. The number of rotatable bonds is 4. The van der Waals surface area contributed by atoms with E-state index >= 15 is 0 Å². The fourth-order valence-corrected chi connectivity index (χ4v) is 1.42. The van der Waals surface area contributed by atoms with Gasteiger partial charge in [0.15, 0.2) is 11.6 Å². The van der Waals surface area contributed by atoms with E-state index in [0.29, 0.717) is 5.56 Å². The molecule has 0 heterocycles. The van der Waals surface area contributed by atoms with Gasteiger partial charge in [-0.1, -0.05) is 26.3 Å². The molecule has 0 amide bonds. The number of aliphatic hydroxyl groups is 1. The number of hydrogen-bond acceptors (Lipinski definition) is 2. The molecule has 0 bridgehead atoms. The number of methoxy groups -OCH3 is 1. The second-order valence-corrected chi connectivity index (χ2v) is 3.72. The molecule has 2 nitrogen and oxygen atoms in total. The average molecular weight is 212 g/mol. The maximum Gasteiger partial charge on any atom is 0.165 e. The molecule has 0 aromatic heterocycles. The van der Waals surface area contributed by atoms with Crippen molar-refractivity contribution >= 4 is 0 Å². The number of ether oxygens (including phenoxy) is 1.